The zero-order chi connectivity index (χ0) is 21.6. The van der Waals surface area contributed by atoms with Gasteiger partial charge in [-0.05, 0) is 36.1 Å². The van der Waals surface area contributed by atoms with Crippen LogP contribution in [0.5, 0.6) is 0 Å². The number of halogens is 3. The van der Waals surface area contributed by atoms with E-state index >= 15 is 0 Å². The SMILES string of the molecule is Fc1cc(Br)cc(F)c1C1CCC(OCc2ccccc2)NC1OCc1ccccc1. The van der Waals surface area contributed by atoms with Crippen LogP contribution in [-0.4, -0.2) is 12.5 Å². The summed E-state index contributed by atoms with van der Waals surface area (Å²) in [5.74, 6) is -1.61. The summed E-state index contributed by atoms with van der Waals surface area (Å²) in [5, 5.41) is 3.32. The summed E-state index contributed by atoms with van der Waals surface area (Å²) in [5.41, 5.74) is 2.11. The molecule has 1 aliphatic heterocycles. The molecule has 1 aliphatic rings. The lowest BCUT2D eigenvalue weighted by molar-refractivity contribution is -0.0935. The normalized spacial score (nSPS) is 21.2. The maximum absolute atomic E-state index is 14.7. The van der Waals surface area contributed by atoms with Crippen molar-refractivity contribution in [2.24, 2.45) is 0 Å². The average Bonchev–Trinajstić information content (AvgIpc) is 2.78. The van der Waals surface area contributed by atoms with E-state index in [-0.39, 0.29) is 11.8 Å². The zero-order valence-corrected chi connectivity index (χ0v) is 18.5. The van der Waals surface area contributed by atoms with Gasteiger partial charge in [-0.15, -0.1) is 0 Å². The largest absolute Gasteiger partial charge is 0.359 e. The van der Waals surface area contributed by atoms with E-state index in [0.717, 1.165) is 11.1 Å². The molecule has 1 fully saturated rings. The van der Waals surface area contributed by atoms with Crippen molar-refractivity contribution < 1.29 is 18.3 Å². The van der Waals surface area contributed by atoms with Gasteiger partial charge in [-0.25, -0.2) is 8.78 Å². The Kier molecular flexibility index (Phi) is 7.45. The second-order valence-electron chi connectivity index (χ2n) is 7.64. The quantitative estimate of drug-likeness (QED) is 0.425. The van der Waals surface area contributed by atoms with Crippen molar-refractivity contribution in [2.75, 3.05) is 0 Å². The predicted octanol–water partition coefficient (Wildman–Crippen LogP) is 6.28. The molecule has 3 aromatic rings. The molecule has 0 radical (unpaired) electrons. The molecule has 3 nitrogen and oxygen atoms in total. The van der Waals surface area contributed by atoms with Gasteiger partial charge >= 0.3 is 0 Å². The highest BCUT2D eigenvalue weighted by molar-refractivity contribution is 9.10. The Hall–Kier alpha value is -2.12. The van der Waals surface area contributed by atoms with Crippen LogP contribution in [0.2, 0.25) is 0 Å². The second kappa shape index (κ2) is 10.5. The monoisotopic (exact) mass is 487 g/mol. The molecule has 3 atom stereocenters. The summed E-state index contributed by atoms with van der Waals surface area (Å²) in [6.45, 7) is 0.787. The van der Waals surface area contributed by atoms with Crippen LogP contribution >= 0.6 is 15.9 Å². The van der Waals surface area contributed by atoms with E-state index in [1.807, 2.05) is 60.7 Å². The lowest BCUT2D eigenvalue weighted by Gasteiger charge is -2.37. The average molecular weight is 488 g/mol. The molecule has 4 rings (SSSR count). The third-order valence-corrected chi connectivity index (χ3v) is 5.89. The molecule has 0 amide bonds. The molecule has 6 heteroatoms. The molecule has 1 N–H and O–H groups in total. The summed E-state index contributed by atoms with van der Waals surface area (Å²) in [6, 6.07) is 22.2. The first-order valence-electron chi connectivity index (χ1n) is 10.3. The first-order valence-corrected chi connectivity index (χ1v) is 11.1. The molecule has 3 unspecified atom stereocenters. The lowest BCUT2D eigenvalue weighted by Crippen LogP contribution is -2.49. The summed E-state index contributed by atoms with van der Waals surface area (Å²) in [7, 11) is 0. The zero-order valence-electron chi connectivity index (χ0n) is 16.9. The Bertz CT molecular complexity index is 964. The van der Waals surface area contributed by atoms with Gasteiger partial charge in [-0.3, -0.25) is 5.32 Å². The Morgan fingerprint density at radius 1 is 0.806 bits per heavy atom. The van der Waals surface area contributed by atoms with Crippen molar-refractivity contribution in [3.05, 3.63) is 106 Å². The van der Waals surface area contributed by atoms with Crippen LogP contribution in [-0.2, 0) is 22.7 Å². The van der Waals surface area contributed by atoms with Gasteiger partial charge in [0.25, 0.3) is 0 Å². The summed E-state index contributed by atoms with van der Waals surface area (Å²) in [4.78, 5) is 0. The van der Waals surface area contributed by atoms with Gasteiger partial charge in [0.2, 0.25) is 0 Å². The van der Waals surface area contributed by atoms with Crippen LogP contribution in [0.15, 0.2) is 77.3 Å². The Morgan fingerprint density at radius 2 is 1.35 bits per heavy atom. The Labute approximate surface area is 189 Å². The maximum atomic E-state index is 14.7. The summed E-state index contributed by atoms with van der Waals surface area (Å²) < 4.78 is 42.0. The molecule has 0 aliphatic carbocycles. The third-order valence-electron chi connectivity index (χ3n) is 5.44. The number of nitrogens with one attached hydrogen (secondary N) is 1. The van der Waals surface area contributed by atoms with Crippen LogP contribution in [0.3, 0.4) is 0 Å². The molecule has 0 bridgehead atoms. The van der Waals surface area contributed by atoms with Crippen molar-refractivity contribution in [1.29, 1.82) is 0 Å². The molecule has 31 heavy (non-hydrogen) atoms. The van der Waals surface area contributed by atoms with Crippen LogP contribution in [0.1, 0.15) is 35.4 Å². The second-order valence-corrected chi connectivity index (χ2v) is 8.55. The minimum absolute atomic E-state index is 0.0512. The number of hydrogen-bond donors (Lipinski definition) is 1. The predicted molar refractivity (Wildman–Crippen MR) is 119 cm³/mol. The Balaban J connectivity index is 1.50. The standard InChI is InChI=1S/C25H24BrF2NO2/c26-19-13-21(27)24(22(28)14-19)20-11-12-23(30-15-17-7-3-1-4-8-17)29-25(20)31-16-18-9-5-2-6-10-18/h1-10,13-14,20,23,25,29H,11-12,15-16H2. The first-order chi connectivity index (χ1) is 15.1. The van der Waals surface area contributed by atoms with Crippen molar-refractivity contribution in [3.8, 4) is 0 Å². The van der Waals surface area contributed by atoms with Crippen LogP contribution in [0.4, 0.5) is 8.78 Å². The molecule has 1 saturated heterocycles. The number of hydrogen-bond acceptors (Lipinski definition) is 3. The molecular weight excluding hydrogens is 464 g/mol. The molecule has 162 valence electrons. The van der Waals surface area contributed by atoms with Gasteiger partial charge < -0.3 is 9.47 Å². The minimum atomic E-state index is -0.583. The van der Waals surface area contributed by atoms with Crippen molar-refractivity contribution in [3.63, 3.8) is 0 Å². The van der Waals surface area contributed by atoms with E-state index in [2.05, 4.69) is 21.2 Å². The van der Waals surface area contributed by atoms with Gasteiger partial charge in [-0.1, -0.05) is 76.6 Å². The minimum Gasteiger partial charge on any atom is -0.359 e. The topological polar surface area (TPSA) is 30.5 Å². The fourth-order valence-corrected chi connectivity index (χ4v) is 4.30. The molecule has 1 heterocycles. The smallest absolute Gasteiger partial charge is 0.130 e. The van der Waals surface area contributed by atoms with E-state index in [1.54, 1.807) is 0 Å². The van der Waals surface area contributed by atoms with Crippen LogP contribution < -0.4 is 5.32 Å². The fourth-order valence-electron chi connectivity index (χ4n) is 3.90. The summed E-state index contributed by atoms with van der Waals surface area (Å²) >= 11 is 3.15. The van der Waals surface area contributed by atoms with Gasteiger partial charge in [0.1, 0.15) is 24.1 Å². The van der Waals surface area contributed by atoms with E-state index in [1.165, 1.54) is 12.1 Å². The third kappa shape index (κ3) is 5.77. The van der Waals surface area contributed by atoms with E-state index in [9.17, 15) is 8.78 Å². The van der Waals surface area contributed by atoms with Crippen LogP contribution in [0, 0.1) is 11.6 Å². The van der Waals surface area contributed by atoms with Crippen molar-refractivity contribution in [1.82, 2.24) is 5.32 Å². The highest BCUT2D eigenvalue weighted by atomic mass is 79.9. The molecular formula is C25H24BrF2NO2. The first kappa shape index (κ1) is 22.1. The van der Waals surface area contributed by atoms with E-state index in [0.29, 0.717) is 30.5 Å². The number of rotatable bonds is 7. The molecule has 0 aromatic heterocycles. The number of benzene rings is 3. The van der Waals surface area contributed by atoms with Gasteiger partial charge in [-0.2, -0.15) is 0 Å². The number of piperidine rings is 1. The fraction of sp³-hybridized carbons (Fsp3) is 0.280. The molecule has 3 aromatic carbocycles. The van der Waals surface area contributed by atoms with Crippen molar-refractivity contribution >= 4 is 15.9 Å². The molecule has 0 saturated carbocycles. The number of ether oxygens (including phenoxy) is 2. The highest BCUT2D eigenvalue weighted by Crippen LogP contribution is 2.36. The van der Waals surface area contributed by atoms with Crippen molar-refractivity contribution in [2.45, 2.75) is 44.4 Å². The Morgan fingerprint density at radius 3 is 1.94 bits per heavy atom. The van der Waals surface area contributed by atoms with Gasteiger partial charge in [0.05, 0.1) is 13.2 Å². The van der Waals surface area contributed by atoms with E-state index in [4.69, 9.17) is 9.47 Å². The highest BCUT2D eigenvalue weighted by Gasteiger charge is 2.35. The maximum Gasteiger partial charge on any atom is 0.130 e. The van der Waals surface area contributed by atoms with Gasteiger partial charge in [0.15, 0.2) is 0 Å². The molecule has 0 spiro atoms. The summed E-state index contributed by atoms with van der Waals surface area (Å²) in [6.07, 6.45) is 0.317. The lowest BCUT2D eigenvalue weighted by atomic mass is 9.88. The van der Waals surface area contributed by atoms with E-state index < -0.39 is 23.8 Å². The van der Waals surface area contributed by atoms with Gasteiger partial charge in [0, 0.05) is 16.0 Å². The van der Waals surface area contributed by atoms with Crippen LogP contribution in [0.25, 0.3) is 0 Å².